The van der Waals surface area contributed by atoms with Crippen LogP contribution < -0.4 is 0 Å². The highest BCUT2D eigenvalue weighted by Gasteiger charge is 2.09. The minimum atomic E-state index is -0.824. The zero-order valence-electron chi connectivity index (χ0n) is 9.80. The summed E-state index contributed by atoms with van der Waals surface area (Å²) in [4.78, 5) is 14.5. The van der Waals surface area contributed by atoms with Crippen LogP contribution in [0, 0.1) is 0 Å². The van der Waals surface area contributed by atoms with Gasteiger partial charge in [0.1, 0.15) is 5.15 Å². The summed E-state index contributed by atoms with van der Waals surface area (Å²) in [5.41, 5.74) is 2.54. The summed E-state index contributed by atoms with van der Waals surface area (Å²) >= 11 is 5.73. The van der Waals surface area contributed by atoms with Gasteiger partial charge < -0.3 is 5.11 Å². The van der Waals surface area contributed by atoms with Crippen LogP contribution in [0.4, 0.5) is 0 Å². The SMILES string of the molecule is Cn1nc(CCC(=O)O)cc1-c1ccc(Cl)nc1. The second-order valence-electron chi connectivity index (χ2n) is 3.91. The molecule has 1 N–H and O–H groups in total. The molecular formula is C12H12ClN3O2. The quantitative estimate of drug-likeness (QED) is 0.860. The third-order valence-corrected chi connectivity index (χ3v) is 2.77. The fourth-order valence-corrected chi connectivity index (χ4v) is 1.79. The molecule has 0 amide bonds. The van der Waals surface area contributed by atoms with Gasteiger partial charge in [-0.25, -0.2) is 4.98 Å². The van der Waals surface area contributed by atoms with Crippen molar-refractivity contribution in [2.45, 2.75) is 12.8 Å². The van der Waals surface area contributed by atoms with Crippen LogP contribution in [0.3, 0.4) is 0 Å². The predicted octanol–water partition coefficient (Wildman–Crippen LogP) is 2.15. The molecule has 0 aliphatic carbocycles. The lowest BCUT2D eigenvalue weighted by atomic mass is 10.1. The van der Waals surface area contributed by atoms with E-state index in [1.807, 2.05) is 19.2 Å². The lowest BCUT2D eigenvalue weighted by Crippen LogP contribution is -1.99. The number of aliphatic carboxylic acids is 1. The van der Waals surface area contributed by atoms with Crippen LogP contribution in [0.5, 0.6) is 0 Å². The van der Waals surface area contributed by atoms with E-state index in [-0.39, 0.29) is 6.42 Å². The van der Waals surface area contributed by atoms with Crippen molar-refractivity contribution in [1.29, 1.82) is 0 Å². The summed E-state index contributed by atoms with van der Waals surface area (Å²) in [7, 11) is 1.81. The van der Waals surface area contributed by atoms with E-state index in [4.69, 9.17) is 16.7 Å². The summed E-state index contributed by atoms with van der Waals surface area (Å²) in [6.45, 7) is 0. The number of hydrogen-bond donors (Lipinski definition) is 1. The van der Waals surface area contributed by atoms with Gasteiger partial charge in [-0.3, -0.25) is 9.48 Å². The Morgan fingerprint density at radius 1 is 1.50 bits per heavy atom. The second kappa shape index (κ2) is 5.18. The van der Waals surface area contributed by atoms with Gasteiger partial charge in [-0.1, -0.05) is 11.6 Å². The largest absolute Gasteiger partial charge is 0.481 e. The number of halogens is 1. The average molecular weight is 266 g/mol. The molecule has 2 aromatic heterocycles. The zero-order chi connectivity index (χ0) is 13.1. The topological polar surface area (TPSA) is 68.0 Å². The van der Waals surface area contributed by atoms with Crippen molar-refractivity contribution in [3.8, 4) is 11.3 Å². The fraction of sp³-hybridized carbons (Fsp3) is 0.250. The molecule has 0 aliphatic rings. The molecule has 18 heavy (non-hydrogen) atoms. The molecule has 0 unspecified atom stereocenters. The van der Waals surface area contributed by atoms with Crippen molar-refractivity contribution in [3.05, 3.63) is 35.2 Å². The monoisotopic (exact) mass is 265 g/mol. The van der Waals surface area contributed by atoms with E-state index in [2.05, 4.69) is 10.1 Å². The highest BCUT2D eigenvalue weighted by Crippen LogP contribution is 2.20. The minimum absolute atomic E-state index is 0.0787. The zero-order valence-corrected chi connectivity index (χ0v) is 10.6. The summed E-state index contributed by atoms with van der Waals surface area (Å²) in [5.74, 6) is -0.824. The molecule has 0 radical (unpaired) electrons. The maximum absolute atomic E-state index is 10.5. The molecule has 94 valence electrons. The lowest BCUT2D eigenvalue weighted by Gasteiger charge is -2.00. The molecule has 0 fully saturated rings. The molecule has 2 heterocycles. The van der Waals surface area contributed by atoms with Crippen molar-refractivity contribution in [3.63, 3.8) is 0 Å². The third-order valence-electron chi connectivity index (χ3n) is 2.55. The molecule has 2 rings (SSSR count). The van der Waals surface area contributed by atoms with E-state index in [9.17, 15) is 4.79 Å². The molecule has 0 bridgehead atoms. The Balaban J connectivity index is 2.23. The molecule has 6 heteroatoms. The number of nitrogens with zero attached hydrogens (tertiary/aromatic N) is 3. The molecule has 0 saturated heterocycles. The number of hydrogen-bond acceptors (Lipinski definition) is 3. The van der Waals surface area contributed by atoms with Crippen LogP contribution >= 0.6 is 11.6 Å². The Bertz CT molecular complexity index is 563. The molecule has 0 atom stereocenters. The summed E-state index contributed by atoms with van der Waals surface area (Å²) < 4.78 is 1.71. The molecule has 5 nitrogen and oxygen atoms in total. The Labute approximate surface area is 109 Å². The predicted molar refractivity (Wildman–Crippen MR) is 67.4 cm³/mol. The first-order valence-corrected chi connectivity index (χ1v) is 5.80. The van der Waals surface area contributed by atoms with Crippen molar-refractivity contribution >= 4 is 17.6 Å². The van der Waals surface area contributed by atoms with Crippen LogP contribution in [0.25, 0.3) is 11.3 Å². The number of rotatable bonds is 4. The standard InChI is InChI=1S/C12H12ClN3O2/c1-16-10(8-2-4-11(13)14-7-8)6-9(15-16)3-5-12(17)18/h2,4,6-7H,3,5H2,1H3,(H,17,18). The smallest absolute Gasteiger partial charge is 0.303 e. The maximum atomic E-state index is 10.5. The molecule has 0 spiro atoms. The van der Waals surface area contributed by atoms with E-state index < -0.39 is 5.97 Å². The van der Waals surface area contributed by atoms with Crippen LogP contribution in [-0.2, 0) is 18.3 Å². The number of carboxylic acid groups (broad SMARTS) is 1. The van der Waals surface area contributed by atoms with Crippen LogP contribution in [0.2, 0.25) is 5.15 Å². The van der Waals surface area contributed by atoms with Crippen LogP contribution in [-0.4, -0.2) is 25.8 Å². The number of pyridine rings is 1. The summed E-state index contributed by atoms with van der Waals surface area (Å²) in [5, 5.41) is 13.4. The van der Waals surface area contributed by atoms with Crippen molar-refractivity contribution in [2.75, 3.05) is 0 Å². The van der Waals surface area contributed by atoms with Crippen LogP contribution in [0.1, 0.15) is 12.1 Å². The minimum Gasteiger partial charge on any atom is -0.481 e. The molecule has 2 aromatic rings. The average Bonchev–Trinajstić information content (AvgIpc) is 2.69. The molecule has 0 saturated carbocycles. The molecule has 0 aromatic carbocycles. The van der Waals surface area contributed by atoms with Crippen molar-refractivity contribution in [1.82, 2.24) is 14.8 Å². The van der Waals surface area contributed by atoms with Gasteiger partial charge in [0.25, 0.3) is 0 Å². The van der Waals surface area contributed by atoms with Crippen molar-refractivity contribution < 1.29 is 9.90 Å². The maximum Gasteiger partial charge on any atom is 0.303 e. The summed E-state index contributed by atoms with van der Waals surface area (Å²) in [6.07, 6.45) is 2.17. The van der Waals surface area contributed by atoms with E-state index in [0.29, 0.717) is 11.6 Å². The Kier molecular flexibility index (Phi) is 3.62. The number of aryl methyl sites for hydroxylation is 2. The van der Waals surface area contributed by atoms with Gasteiger partial charge in [0, 0.05) is 25.2 Å². The lowest BCUT2D eigenvalue weighted by molar-refractivity contribution is -0.136. The van der Waals surface area contributed by atoms with Gasteiger partial charge in [0.05, 0.1) is 17.8 Å². The fourth-order valence-electron chi connectivity index (χ4n) is 1.68. The summed E-state index contributed by atoms with van der Waals surface area (Å²) in [6, 6.07) is 5.43. The van der Waals surface area contributed by atoms with Crippen LogP contribution in [0.15, 0.2) is 24.4 Å². The second-order valence-corrected chi connectivity index (χ2v) is 4.30. The van der Waals surface area contributed by atoms with Gasteiger partial charge in [0.2, 0.25) is 0 Å². The van der Waals surface area contributed by atoms with E-state index in [1.54, 1.807) is 16.9 Å². The number of carboxylic acids is 1. The first kappa shape index (κ1) is 12.6. The van der Waals surface area contributed by atoms with E-state index >= 15 is 0 Å². The van der Waals surface area contributed by atoms with Gasteiger partial charge in [-0.15, -0.1) is 0 Å². The Hall–Kier alpha value is -1.88. The highest BCUT2D eigenvalue weighted by molar-refractivity contribution is 6.29. The van der Waals surface area contributed by atoms with E-state index in [0.717, 1.165) is 17.0 Å². The molecule has 0 aliphatic heterocycles. The van der Waals surface area contributed by atoms with Gasteiger partial charge in [-0.2, -0.15) is 5.10 Å². The van der Waals surface area contributed by atoms with Gasteiger partial charge in [-0.05, 0) is 18.2 Å². The Morgan fingerprint density at radius 3 is 2.89 bits per heavy atom. The molecular weight excluding hydrogens is 254 g/mol. The van der Waals surface area contributed by atoms with Gasteiger partial charge in [0.15, 0.2) is 0 Å². The van der Waals surface area contributed by atoms with Gasteiger partial charge >= 0.3 is 5.97 Å². The van der Waals surface area contributed by atoms with E-state index in [1.165, 1.54) is 0 Å². The normalized spacial score (nSPS) is 10.6. The number of aromatic nitrogens is 3. The first-order valence-electron chi connectivity index (χ1n) is 5.43. The highest BCUT2D eigenvalue weighted by atomic mass is 35.5. The number of carbonyl (C=O) groups is 1. The first-order chi connectivity index (χ1) is 8.56. The van der Waals surface area contributed by atoms with Crippen molar-refractivity contribution in [2.24, 2.45) is 7.05 Å². The third kappa shape index (κ3) is 2.87. The Morgan fingerprint density at radius 2 is 2.28 bits per heavy atom.